The van der Waals surface area contributed by atoms with E-state index >= 15 is 0 Å². The van der Waals surface area contributed by atoms with Crippen LogP contribution in [0.15, 0.2) is 30.3 Å². The summed E-state index contributed by atoms with van der Waals surface area (Å²) in [5.74, 6) is -1.03. The third kappa shape index (κ3) is 1.36. The Labute approximate surface area is 96.3 Å². The molecule has 1 aliphatic rings. The Balaban J connectivity index is 2.44. The summed E-state index contributed by atoms with van der Waals surface area (Å²) in [6.07, 6.45) is 0.956. The van der Waals surface area contributed by atoms with Gasteiger partial charge in [-0.1, -0.05) is 51.1 Å². The molecular formula is C14H18O2. The fraction of sp³-hybridized carbons (Fsp3) is 0.500. The molecule has 0 spiro atoms. The molecule has 2 nitrogen and oxygen atoms in total. The molecule has 2 rings (SSSR count). The van der Waals surface area contributed by atoms with E-state index in [2.05, 4.69) is 13.8 Å². The summed E-state index contributed by atoms with van der Waals surface area (Å²) in [5.41, 5.74) is 1.07. The van der Waals surface area contributed by atoms with Crippen LogP contribution in [-0.2, 0) is 10.2 Å². The second-order valence-electron chi connectivity index (χ2n) is 5.46. The summed E-state index contributed by atoms with van der Waals surface area (Å²) in [4.78, 5) is 11.2. The molecule has 0 aromatic heterocycles. The standard InChI is InChI=1S/C14H18O2/c1-10(12(15)16)14(9-13(14,2)3)11-7-5-4-6-8-11/h4-8,10H,9H2,1-3H3,(H,15,16). The minimum absolute atomic E-state index is 0.0894. The molecular weight excluding hydrogens is 200 g/mol. The van der Waals surface area contributed by atoms with Gasteiger partial charge in [0.15, 0.2) is 0 Å². The predicted octanol–water partition coefficient (Wildman–Crippen LogP) is 3.08. The van der Waals surface area contributed by atoms with Crippen molar-refractivity contribution in [2.24, 2.45) is 11.3 Å². The maximum atomic E-state index is 11.2. The molecule has 0 saturated heterocycles. The molecule has 0 heterocycles. The van der Waals surface area contributed by atoms with Gasteiger partial charge in [-0.15, -0.1) is 0 Å². The Morgan fingerprint density at radius 3 is 2.19 bits per heavy atom. The summed E-state index contributed by atoms with van der Waals surface area (Å²) in [6, 6.07) is 10.0. The molecule has 0 aliphatic heterocycles. The van der Waals surface area contributed by atoms with Gasteiger partial charge in [-0.25, -0.2) is 0 Å². The van der Waals surface area contributed by atoms with Crippen LogP contribution in [0.4, 0.5) is 0 Å². The van der Waals surface area contributed by atoms with Crippen molar-refractivity contribution in [3.05, 3.63) is 35.9 Å². The van der Waals surface area contributed by atoms with Crippen LogP contribution < -0.4 is 0 Å². The van der Waals surface area contributed by atoms with E-state index in [1.165, 1.54) is 0 Å². The van der Waals surface area contributed by atoms with Crippen LogP contribution in [-0.4, -0.2) is 11.1 Å². The van der Waals surface area contributed by atoms with Gasteiger partial charge >= 0.3 is 5.97 Å². The molecule has 0 amide bonds. The third-order valence-corrected chi connectivity index (χ3v) is 4.20. The van der Waals surface area contributed by atoms with E-state index in [0.29, 0.717) is 0 Å². The first-order chi connectivity index (χ1) is 7.42. The van der Waals surface area contributed by atoms with Crippen molar-refractivity contribution in [3.63, 3.8) is 0 Å². The second-order valence-corrected chi connectivity index (χ2v) is 5.46. The maximum Gasteiger partial charge on any atom is 0.307 e. The molecule has 2 heteroatoms. The van der Waals surface area contributed by atoms with E-state index in [9.17, 15) is 9.90 Å². The van der Waals surface area contributed by atoms with E-state index in [4.69, 9.17) is 0 Å². The first-order valence-electron chi connectivity index (χ1n) is 5.70. The topological polar surface area (TPSA) is 37.3 Å². The SMILES string of the molecule is CC(C(=O)O)C1(c2ccccc2)CC1(C)C. The molecule has 1 aliphatic carbocycles. The minimum Gasteiger partial charge on any atom is -0.481 e. The monoisotopic (exact) mass is 218 g/mol. The minimum atomic E-state index is -0.700. The fourth-order valence-corrected chi connectivity index (χ4v) is 3.08. The highest BCUT2D eigenvalue weighted by atomic mass is 16.4. The lowest BCUT2D eigenvalue weighted by molar-refractivity contribution is -0.142. The van der Waals surface area contributed by atoms with Crippen LogP contribution in [0.25, 0.3) is 0 Å². The Hall–Kier alpha value is -1.31. The van der Waals surface area contributed by atoms with Crippen LogP contribution in [0.1, 0.15) is 32.8 Å². The van der Waals surface area contributed by atoms with Crippen LogP contribution in [0.3, 0.4) is 0 Å². The Morgan fingerprint density at radius 2 is 1.81 bits per heavy atom. The number of benzene rings is 1. The molecule has 2 unspecified atom stereocenters. The van der Waals surface area contributed by atoms with E-state index in [1.54, 1.807) is 0 Å². The van der Waals surface area contributed by atoms with E-state index < -0.39 is 5.97 Å². The van der Waals surface area contributed by atoms with Gasteiger partial charge in [0.2, 0.25) is 0 Å². The molecule has 2 atom stereocenters. The molecule has 1 aromatic rings. The zero-order valence-electron chi connectivity index (χ0n) is 10.0. The highest BCUT2D eigenvalue weighted by Gasteiger charge is 2.66. The molecule has 1 fully saturated rings. The highest BCUT2D eigenvalue weighted by Crippen LogP contribution is 2.68. The zero-order chi connectivity index (χ0) is 12.0. The summed E-state index contributed by atoms with van der Waals surface area (Å²) in [5, 5.41) is 9.25. The highest BCUT2D eigenvalue weighted by molar-refractivity contribution is 5.73. The number of aliphatic carboxylic acids is 1. The molecule has 0 radical (unpaired) electrons. The van der Waals surface area contributed by atoms with Gasteiger partial charge in [0.25, 0.3) is 0 Å². The van der Waals surface area contributed by atoms with Crippen LogP contribution in [0.5, 0.6) is 0 Å². The van der Waals surface area contributed by atoms with Crippen molar-refractivity contribution in [1.82, 2.24) is 0 Å². The van der Waals surface area contributed by atoms with Gasteiger partial charge in [0.05, 0.1) is 5.92 Å². The number of carboxylic acid groups (broad SMARTS) is 1. The number of hydrogen-bond donors (Lipinski definition) is 1. The Bertz CT molecular complexity index is 408. The van der Waals surface area contributed by atoms with Crippen molar-refractivity contribution in [1.29, 1.82) is 0 Å². The number of carbonyl (C=O) groups is 1. The maximum absolute atomic E-state index is 11.2. The van der Waals surface area contributed by atoms with Crippen molar-refractivity contribution in [2.75, 3.05) is 0 Å². The smallest absolute Gasteiger partial charge is 0.307 e. The van der Waals surface area contributed by atoms with Gasteiger partial charge in [0, 0.05) is 5.41 Å². The van der Waals surface area contributed by atoms with Gasteiger partial charge in [-0.05, 0) is 17.4 Å². The van der Waals surface area contributed by atoms with Crippen molar-refractivity contribution in [3.8, 4) is 0 Å². The summed E-state index contributed by atoms with van der Waals surface area (Å²) < 4.78 is 0. The Kier molecular flexibility index (Phi) is 2.33. The average Bonchev–Trinajstić information content (AvgIpc) is 2.83. The summed E-state index contributed by atoms with van der Waals surface area (Å²) in [7, 11) is 0. The molecule has 86 valence electrons. The summed E-state index contributed by atoms with van der Waals surface area (Å²) >= 11 is 0. The molecule has 16 heavy (non-hydrogen) atoms. The normalized spacial score (nSPS) is 28.4. The lowest BCUT2D eigenvalue weighted by Crippen LogP contribution is -2.29. The number of carboxylic acids is 1. The lowest BCUT2D eigenvalue weighted by Gasteiger charge is -2.25. The molecule has 1 N–H and O–H groups in total. The van der Waals surface area contributed by atoms with E-state index in [1.807, 2.05) is 37.3 Å². The quantitative estimate of drug-likeness (QED) is 0.846. The first-order valence-corrected chi connectivity index (χ1v) is 5.70. The van der Waals surface area contributed by atoms with Crippen molar-refractivity contribution >= 4 is 5.97 Å². The zero-order valence-corrected chi connectivity index (χ0v) is 10.0. The number of rotatable bonds is 3. The van der Waals surface area contributed by atoms with E-state index in [0.717, 1.165) is 12.0 Å². The van der Waals surface area contributed by atoms with Gasteiger partial charge in [0.1, 0.15) is 0 Å². The van der Waals surface area contributed by atoms with E-state index in [-0.39, 0.29) is 16.7 Å². The van der Waals surface area contributed by atoms with Gasteiger partial charge in [-0.2, -0.15) is 0 Å². The fourth-order valence-electron chi connectivity index (χ4n) is 3.08. The van der Waals surface area contributed by atoms with Crippen molar-refractivity contribution in [2.45, 2.75) is 32.6 Å². The third-order valence-electron chi connectivity index (χ3n) is 4.20. The molecule has 1 aromatic carbocycles. The van der Waals surface area contributed by atoms with Gasteiger partial charge < -0.3 is 5.11 Å². The van der Waals surface area contributed by atoms with Crippen LogP contribution >= 0.6 is 0 Å². The lowest BCUT2D eigenvalue weighted by atomic mass is 9.78. The molecule has 0 bridgehead atoms. The van der Waals surface area contributed by atoms with Gasteiger partial charge in [-0.3, -0.25) is 4.79 Å². The van der Waals surface area contributed by atoms with Crippen LogP contribution in [0, 0.1) is 11.3 Å². The predicted molar refractivity (Wildman–Crippen MR) is 63.3 cm³/mol. The second kappa shape index (κ2) is 3.34. The summed E-state index contributed by atoms with van der Waals surface area (Å²) in [6.45, 7) is 6.13. The van der Waals surface area contributed by atoms with Crippen molar-refractivity contribution < 1.29 is 9.90 Å². The first kappa shape index (κ1) is 11.2. The van der Waals surface area contributed by atoms with Crippen LogP contribution in [0.2, 0.25) is 0 Å². The average molecular weight is 218 g/mol. The largest absolute Gasteiger partial charge is 0.481 e. The number of hydrogen-bond acceptors (Lipinski definition) is 1. The molecule has 1 saturated carbocycles. The Morgan fingerprint density at radius 1 is 1.31 bits per heavy atom.